The van der Waals surface area contributed by atoms with Crippen molar-refractivity contribution in [2.45, 2.75) is 12.7 Å². The van der Waals surface area contributed by atoms with Crippen LogP contribution in [0.4, 0.5) is 24.3 Å². The molecule has 0 saturated carbocycles. The Bertz CT molecular complexity index is 594. The summed E-state index contributed by atoms with van der Waals surface area (Å²) in [6.07, 6.45) is -1.11. The van der Waals surface area contributed by atoms with Crippen LogP contribution in [-0.2, 0) is 12.7 Å². The largest absolute Gasteiger partial charge is 0.434 e. The first-order chi connectivity index (χ1) is 9.77. The summed E-state index contributed by atoms with van der Waals surface area (Å²) in [6, 6.07) is 0. The Balaban J connectivity index is 2.07. The van der Waals surface area contributed by atoms with Crippen LogP contribution in [0.25, 0.3) is 0 Å². The summed E-state index contributed by atoms with van der Waals surface area (Å²) in [5.74, 6) is 0.579. The Kier molecular flexibility index (Phi) is 4.31. The Morgan fingerprint density at radius 1 is 1.14 bits per heavy atom. The predicted octanol–water partition coefficient (Wildman–Crippen LogP) is 2.65. The van der Waals surface area contributed by atoms with Gasteiger partial charge in [0.1, 0.15) is 0 Å². The van der Waals surface area contributed by atoms with E-state index in [-0.39, 0.29) is 0 Å². The zero-order valence-electron chi connectivity index (χ0n) is 11.7. The molecule has 21 heavy (non-hydrogen) atoms. The van der Waals surface area contributed by atoms with Gasteiger partial charge >= 0.3 is 6.18 Å². The molecule has 0 fully saturated rings. The van der Waals surface area contributed by atoms with E-state index in [1.54, 1.807) is 29.2 Å². The fraction of sp³-hybridized carbons (Fsp3) is 0.417. The van der Waals surface area contributed by atoms with Crippen LogP contribution in [0.15, 0.2) is 17.8 Å². The van der Waals surface area contributed by atoms with Gasteiger partial charge < -0.3 is 9.80 Å². The molecule has 0 N–H and O–H groups in total. The number of nitrogens with zero attached hydrogens (tertiary/aromatic N) is 5. The molecule has 114 valence electrons. The van der Waals surface area contributed by atoms with Crippen LogP contribution in [0.1, 0.15) is 11.3 Å². The van der Waals surface area contributed by atoms with Crippen molar-refractivity contribution in [3.05, 3.63) is 29.0 Å². The minimum Gasteiger partial charge on any atom is -0.347 e. The third kappa shape index (κ3) is 3.81. The second-order valence-corrected chi connectivity index (χ2v) is 5.49. The molecule has 0 bridgehead atoms. The highest BCUT2D eigenvalue weighted by Gasteiger charge is 2.34. The second-order valence-electron chi connectivity index (χ2n) is 4.65. The molecule has 0 aliphatic rings. The molecule has 0 aliphatic heterocycles. The Labute approximate surface area is 124 Å². The van der Waals surface area contributed by atoms with Gasteiger partial charge in [-0.05, 0) is 0 Å². The molecule has 9 heteroatoms. The predicted molar refractivity (Wildman–Crippen MR) is 75.6 cm³/mol. The van der Waals surface area contributed by atoms with E-state index < -0.39 is 11.9 Å². The van der Waals surface area contributed by atoms with E-state index in [4.69, 9.17) is 0 Å². The van der Waals surface area contributed by atoms with E-state index in [2.05, 4.69) is 15.0 Å². The maximum Gasteiger partial charge on any atom is 0.434 e. The van der Waals surface area contributed by atoms with Crippen molar-refractivity contribution in [1.82, 2.24) is 15.0 Å². The second kappa shape index (κ2) is 5.84. The zero-order chi connectivity index (χ0) is 15.6. The summed E-state index contributed by atoms with van der Waals surface area (Å²) >= 11 is 0.958. The summed E-state index contributed by atoms with van der Waals surface area (Å²) < 4.78 is 37.5. The molecule has 0 atom stereocenters. The lowest BCUT2D eigenvalue weighted by molar-refractivity contribution is -0.140. The van der Waals surface area contributed by atoms with Crippen LogP contribution in [0.2, 0.25) is 0 Å². The first-order valence-electron chi connectivity index (χ1n) is 5.99. The van der Waals surface area contributed by atoms with Crippen LogP contribution in [0.5, 0.6) is 0 Å². The third-order valence-electron chi connectivity index (χ3n) is 2.62. The van der Waals surface area contributed by atoms with Gasteiger partial charge in [0.05, 0.1) is 0 Å². The smallest absolute Gasteiger partial charge is 0.347 e. The van der Waals surface area contributed by atoms with Gasteiger partial charge in [-0.3, -0.25) is 0 Å². The van der Waals surface area contributed by atoms with Crippen LogP contribution >= 0.6 is 11.3 Å². The maximum absolute atomic E-state index is 12.5. The lowest BCUT2D eigenvalue weighted by Gasteiger charge is -2.16. The lowest BCUT2D eigenvalue weighted by atomic mass is 10.3. The van der Waals surface area contributed by atoms with Gasteiger partial charge in [0.15, 0.2) is 10.8 Å². The van der Waals surface area contributed by atoms with Gasteiger partial charge in [-0.15, -0.1) is 11.3 Å². The molecule has 0 saturated heterocycles. The summed E-state index contributed by atoms with van der Waals surface area (Å²) in [4.78, 5) is 15.3. The minimum atomic E-state index is -4.41. The van der Waals surface area contributed by atoms with Crippen molar-refractivity contribution in [3.8, 4) is 0 Å². The summed E-state index contributed by atoms with van der Waals surface area (Å²) in [7, 11) is 5.34. The minimum absolute atomic E-state index is 0.305. The SMILES string of the molecule is CN(C)c1ncc(CN(C)c2nc(C(F)(F)F)cs2)cn1. The molecule has 0 aliphatic carbocycles. The molecule has 2 aromatic heterocycles. The first-order valence-corrected chi connectivity index (χ1v) is 6.87. The van der Waals surface area contributed by atoms with Crippen LogP contribution in [-0.4, -0.2) is 36.1 Å². The normalized spacial score (nSPS) is 11.5. The van der Waals surface area contributed by atoms with Gasteiger partial charge in [0.25, 0.3) is 0 Å². The van der Waals surface area contributed by atoms with E-state index >= 15 is 0 Å². The number of aromatic nitrogens is 3. The number of hydrogen-bond acceptors (Lipinski definition) is 6. The standard InChI is InChI=1S/C12H14F3N5S/c1-19(2)10-16-4-8(5-17-10)6-20(3)11-18-9(7-21-11)12(13,14)15/h4-5,7H,6H2,1-3H3. The van der Waals surface area contributed by atoms with Crippen molar-refractivity contribution in [2.75, 3.05) is 30.9 Å². The molecule has 2 rings (SSSR count). The highest BCUT2D eigenvalue weighted by molar-refractivity contribution is 7.13. The van der Waals surface area contributed by atoms with E-state index in [9.17, 15) is 13.2 Å². The number of anilines is 2. The molecule has 0 aromatic carbocycles. The molecule has 0 radical (unpaired) electrons. The van der Waals surface area contributed by atoms with Gasteiger partial charge in [-0.2, -0.15) is 13.2 Å². The summed E-state index contributed by atoms with van der Waals surface area (Å²) in [5.41, 5.74) is -0.0691. The molecule has 0 unspecified atom stereocenters. The first kappa shape index (κ1) is 15.5. The van der Waals surface area contributed by atoms with E-state index in [0.717, 1.165) is 22.3 Å². The van der Waals surface area contributed by atoms with E-state index in [1.165, 1.54) is 0 Å². The van der Waals surface area contributed by atoms with Crippen molar-refractivity contribution >= 4 is 22.4 Å². The molecule has 0 spiro atoms. The fourth-order valence-electron chi connectivity index (χ4n) is 1.57. The van der Waals surface area contributed by atoms with Crippen molar-refractivity contribution < 1.29 is 13.2 Å². The zero-order valence-corrected chi connectivity index (χ0v) is 12.5. The molecule has 2 heterocycles. The molecule has 2 aromatic rings. The Hall–Kier alpha value is -1.90. The third-order valence-corrected chi connectivity index (χ3v) is 3.58. The highest BCUT2D eigenvalue weighted by atomic mass is 32.1. The van der Waals surface area contributed by atoms with E-state index in [1.807, 2.05) is 14.1 Å². The molecule has 0 amide bonds. The average molecular weight is 317 g/mol. The van der Waals surface area contributed by atoms with Gasteiger partial charge in [0, 0.05) is 51.0 Å². The molecule has 5 nitrogen and oxygen atoms in total. The van der Waals surface area contributed by atoms with Crippen molar-refractivity contribution in [3.63, 3.8) is 0 Å². The molecular weight excluding hydrogens is 303 g/mol. The van der Waals surface area contributed by atoms with Crippen molar-refractivity contribution in [2.24, 2.45) is 0 Å². The highest BCUT2D eigenvalue weighted by Crippen LogP contribution is 2.32. The summed E-state index contributed by atoms with van der Waals surface area (Å²) in [5, 5.41) is 1.32. The fourth-order valence-corrected chi connectivity index (χ4v) is 2.37. The number of halogens is 3. The summed E-state index contributed by atoms with van der Waals surface area (Å²) in [6.45, 7) is 0.387. The quantitative estimate of drug-likeness (QED) is 0.867. The monoisotopic (exact) mass is 317 g/mol. The van der Waals surface area contributed by atoms with Crippen LogP contribution in [0.3, 0.4) is 0 Å². The average Bonchev–Trinajstić information content (AvgIpc) is 2.88. The Morgan fingerprint density at radius 3 is 2.24 bits per heavy atom. The number of rotatable bonds is 4. The lowest BCUT2D eigenvalue weighted by Crippen LogP contribution is -2.18. The number of thiazole rings is 1. The number of alkyl halides is 3. The van der Waals surface area contributed by atoms with Gasteiger partial charge in [-0.1, -0.05) is 0 Å². The van der Waals surface area contributed by atoms with E-state index in [0.29, 0.717) is 17.6 Å². The number of hydrogen-bond donors (Lipinski definition) is 0. The van der Waals surface area contributed by atoms with Crippen LogP contribution < -0.4 is 9.80 Å². The van der Waals surface area contributed by atoms with Gasteiger partial charge in [-0.25, -0.2) is 15.0 Å². The topological polar surface area (TPSA) is 45.2 Å². The molecular formula is C12H14F3N5S. The van der Waals surface area contributed by atoms with Crippen LogP contribution in [0, 0.1) is 0 Å². The maximum atomic E-state index is 12.5. The Morgan fingerprint density at radius 2 is 1.76 bits per heavy atom. The van der Waals surface area contributed by atoms with Gasteiger partial charge in [0.2, 0.25) is 5.95 Å². The van der Waals surface area contributed by atoms with Crippen molar-refractivity contribution in [1.29, 1.82) is 0 Å².